The van der Waals surface area contributed by atoms with Crippen molar-refractivity contribution < 1.29 is 9.90 Å². The van der Waals surface area contributed by atoms with Gasteiger partial charge in [0.05, 0.1) is 0 Å². The zero-order valence-electron chi connectivity index (χ0n) is 11.7. The average molecular weight is 284 g/mol. The number of carbonyl (C=O) groups is 1. The highest BCUT2D eigenvalue weighted by atomic mass is 35.5. The molecule has 19 heavy (non-hydrogen) atoms. The Morgan fingerprint density at radius 3 is 2.21 bits per heavy atom. The molecule has 0 aliphatic carbocycles. The molecule has 1 aromatic carbocycles. The number of halogens is 1. The van der Waals surface area contributed by atoms with Crippen LogP contribution in [-0.2, 0) is 15.7 Å². The summed E-state index contributed by atoms with van der Waals surface area (Å²) in [5, 5.41) is 12.6. The van der Waals surface area contributed by atoms with E-state index < -0.39 is 11.5 Å². The molecule has 1 saturated heterocycles. The predicted molar refractivity (Wildman–Crippen MR) is 78.9 cm³/mol. The van der Waals surface area contributed by atoms with E-state index in [1.807, 2.05) is 24.3 Å². The fraction of sp³-hybridized carbons (Fsp3) is 0.533. The molecule has 0 amide bonds. The maximum absolute atomic E-state index is 11.5. The van der Waals surface area contributed by atoms with E-state index in [1.165, 1.54) is 5.56 Å². The summed E-state index contributed by atoms with van der Waals surface area (Å²) in [5.41, 5.74) is 1.30. The third kappa shape index (κ3) is 2.93. The van der Waals surface area contributed by atoms with Crippen molar-refractivity contribution in [2.75, 3.05) is 6.54 Å². The monoisotopic (exact) mass is 283 g/mol. The molecular weight excluding hydrogens is 262 g/mol. The molecule has 0 bridgehead atoms. The van der Waals surface area contributed by atoms with E-state index in [0.29, 0.717) is 6.42 Å². The first-order valence-electron chi connectivity index (χ1n) is 6.46. The van der Waals surface area contributed by atoms with Crippen molar-refractivity contribution in [1.82, 2.24) is 5.32 Å². The van der Waals surface area contributed by atoms with Gasteiger partial charge in [-0.05, 0) is 35.9 Å². The number of benzene rings is 1. The van der Waals surface area contributed by atoms with Crippen LogP contribution in [-0.4, -0.2) is 17.6 Å². The Kier molecular flexibility index (Phi) is 4.64. The van der Waals surface area contributed by atoms with Crippen LogP contribution in [0, 0.1) is 0 Å². The Balaban J connectivity index is 0.00000180. The number of carboxylic acid groups (broad SMARTS) is 1. The number of hydrogen-bond donors (Lipinski definition) is 2. The van der Waals surface area contributed by atoms with Crippen molar-refractivity contribution in [2.24, 2.45) is 0 Å². The molecular formula is C15H22ClNO2. The van der Waals surface area contributed by atoms with Gasteiger partial charge in [-0.3, -0.25) is 5.32 Å². The quantitative estimate of drug-likeness (QED) is 0.877. The first-order chi connectivity index (χ1) is 8.36. The third-order valence-electron chi connectivity index (χ3n) is 3.76. The van der Waals surface area contributed by atoms with Crippen molar-refractivity contribution in [2.45, 2.75) is 44.6 Å². The highest BCUT2D eigenvalue weighted by Crippen LogP contribution is 2.32. The molecule has 3 nitrogen and oxygen atoms in total. The van der Waals surface area contributed by atoms with Gasteiger partial charge >= 0.3 is 5.97 Å². The molecule has 1 aliphatic heterocycles. The van der Waals surface area contributed by atoms with Crippen LogP contribution in [0.3, 0.4) is 0 Å². The van der Waals surface area contributed by atoms with Gasteiger partial charge in [0, 0.05) is 0 Å². The fourth-order valence-corrected chi connectivity index (χ4v) is 2.55. The highest BCUT2D eigenvalue weighted by Gasteiger charge is 2.42. The lowest BCUT2D eigenvalue weighted by Gasteiger charge is -2.26. The van der Waals surface area contributed by atoms with Crippen molar-refractivity contribution in [3.63, 3.8) is 0 Å². The normalized spacial score (nSPS) is 22.9. The summed E-state index contributed by atoms with van der Waals surface area (Å²) in [6.07, 6.45) is 1.57. The Hall–Kier alpha value is -1.06. The molecule has 0 radical (unpaired) electrons. The number of carboxylic acids is 1. The number of nitrogens with one attached hydrogen (secondary N) is 1. The lowest BCUT2D eigenvalue weighted by molar-refractivity contribution is -0.144. The van der Waals surface area contributed by atoms with E-state index in [1.54, 1.807) is 0 Å². The third-order valence-corrected chi connectivity index (χ3v) is 3.76. The predicted octanol–water partition coefficient (Wildman–Crippen LogP) is 3.07. The summed E-state index contributed by atoms with van der Waals surface area (Å²) in [6, 6.07) is 7.99. The zero-order valence-corrected chi connectivity index (χ0v) is 12.5. The molecule has 1 aromatic rings. The maximum Gasteiger partial charge on any atom is 0.328 e. The molecule has 0 spiro atoms. The zero-order chi connectivity index (χ0) is 13.4. The first kappa shape index (κ1) is 16.0. The SMILES string of the molecule is CC(C)(C)c1ccc([C@@]2(C(=O)O)CCCN2)cc1.Cl. The van der Waals surface area contributed by atoms with Gasteiger partial charge in [-0.15, -0.1) is 12.4 Å². The fourth-order valence-electron chi connectivity index (χ4n) is 2.55. The minimum Gasteiger partial charge on any atom is -0.480 e. The average Bonchev–Trinajstić information content (AvgIpc) is 2.78. The van der Waals surface area contributed by atoms with Crippen LogP contribution in [0.15, 0.2) is 24.3 Å². The maximum atomic E-state index is 11.5. The second-order valence-corrected chi connectivity index (χ2v) is 6.07. The summed E-state index contributed by atoms with van der Waals surface area (Å²) >= 11 is 0. The Bertz CT molecular complexity index is 442. The van der Waals surface area contributed by atoms with E-state index in [0.717, 1.165) is 18.5 Å². The number of aliphatic carboxylic acids is 1. The summed E-state index contributed by atoms with van der Waals surface area (Å²) in [6.45, 7) is 7.24. The first-order valence-corrected chi connectivity index (χ1v) is 6.46. The molecule has 1 fully saturated rings. The minimum absolute atomic E-state index is 0. The van der Waals surface area contributed by atoms with Gasteiger partial charge in [0.1, 0.15) is 5.54 Å². The van der Waals surface area contributed by atoms with E-state index >= 15 is 0 Å². The van der Waals surface area contributed by atoms with Gasteiger partial charge in [0.2, 0.25) is 0 Å². The van der Waals surface area contributed by atoms with Crippen LogP contribution in [0.2, 0.25) is 0 Å². The Morgan fingerprint density at radius 1 is 1.26 bits per heavy atom. The molecule has 1 heterocycles. The van der Waals surface area contributed by atoms with E-state index in [2.05, 4.69) is 26.1 Å². The van der Waals surface area contributed by atoms with Gasteiger partial charge in [0.25, 0.3) is 0 Å². The molecule has 0 saturated carbocycles. The topological polar surface area (TPSA) is 49.3 Å². The smallest absolute Gasteiger partial charge is 0.328 e. The standard InChI is InChI=1S/C15H21NO2.ClH/c1-14(2,3)11-5-7-12(8-6-11)15(13(17)18)9-4-10-16-15;/h5-8,16H,4,9-10H2,1-3H3,(H,17,18);1H/t15-;/m1./s1. The van der Waals surface area contributed by atoms with Crippen LogP contribution >= 0.6 is 12.4 Å². The molecule has 106 valence electrons. The van der Waals surface area contributed by atoms with E-state index in [9.17, 15) is 9.90 Å². The van der Waals surface area contributed by atoms with Gasteiger partial charge in [-0.2, -0.15) is 0 Å². The van der Waals surface area contributed by atoms with Crippen molar-refractivity contribution >= 4 is 18.4 Å². The molecule has 0 aromatic heterocycles. The summed E-state index contributed by atoms with van der Waals surface area (Å²) in [7, 11) is 0. The number of rotatable bonds is 2. The molecule has 0 unspecified atom stereocenters. The van der Waals surface area contributed by atoms with Crippen LogP contribution < -0.4 is 5.32 Å². The summed E-state index contributed by atoms with van der Waals surface area (Å²) in [5.74, 6) is -0.775. The van der Waals surface area contributed by atoms with E-state index in [4.69, 9.17) is 0 Å². The van der Waals surface area contributed by atoms with Crippen LogP contribution in [0.1, 0.15) is 44.7 Å². The van der Waals surface area contributed by atoms with Gasteiger partial charge in [-0.1, -0.05) is 45.0 Å². The lowest BCUT2D eigenvalue weighted by atomic mass is 9.83. The van der Waals surface area contributed by atoms with Crippen molar-refractivity contribution in [1.29, 1.82) is 0 Å². The van der Waals surface area contributed by atoms with Crippen LogP contribution in [0.25, 0.3) is 0 Å². The molecule has 2 rings (SSSR count). The van der Waals surface area contributed by atoms with Crippen LogP contribution in [0.4, 0.5) is 0 Å². The Morgan fingerprint density at radius 2 is 1.84 bits per heavy atom. The van der Waals surface area contributed by atoms with Gasteiger partial charge < -0.3 is 5.11 Å². The summed E-state index contributed by atoms with van der Waals surface area (Å²) < 4.78 is 0. The summed E-state index contributed by atoms with van der Waals surface area (Å²) in [4.78, 5) is 11.5. The largest absolute Gasteiger partial charge is 0.480 e. The highest BCUT2D eigenvalue weighted by molar-refractivity contribution is 5.85. The molecule has 1 aliphatic rings. The molecule has 2 N–H and O–H groups in total. The molecule has 1 atom stereocenters. The van der Waals surface area contributed by atoms with Gasteiger partial charge in [-0.25, -0.2) is 4.79 Å². The second-order valence-electron chi connectivity index (χ2n) is 6.07. The van der Waals surface area contributed by atoms with Crippen molar-refractivity contribution in [3.05, 3.63) is 35.4 Å². The van der Waals surface area contributed by atoms with E-state index in [-0.39, 0.29) is 17.8 Å². The lowest BCUT2D eigenvalue weighted by Crippen LogP contribution is -2.44. The van der Waals surface area contributed by atoms with Crippen molar-refractivity contribution in [3.8, 4) is 0 Å². The molecule has 4 heteroatoms. The van der Waals surface area contributed by atoms with Gasteiger partial charge in [0.15, 0.2) is 0 Å². The second kappa shape index (κ2) is 5.51. The minimum atomic E-state index is -0.879. The number of hydrogen-bond acceptors (Lipinski definition) is 2. The Labute approximate surface area is 120 Å². The van der Waals surface area contributed by atoms with Crippen LogP contribution in [0.5, 0.6) is 0 Å².